The van der Waals surface area contributed by atoms with Gasteiger partial charge in [0.15, 0.2) is 10.6 Å². The van der Waals surface area contributed by atoms with Gasteiger partial charge in [-0.15, -0.1) is 11.3 Å². The van der Waals surface area contributed by atoms with Crippen molar-refractivity contribution in [1.29, 1.82) is 0 Å². The van der Waals surface area contributed by atoms with E-state index in [1.807, 2.05) is 0 Å². The van der Waals surface area contributed by atoms with Crippen LogP contribution in [0.15, 0.2) is 0 Å². The molecule has 0 radical (unpaired) electrons. The first-order chi connectivity index (χ1) is 8.70. The van der Waals surface area contributed by atoms with Crippen LogP contribution in [0.25, 0.3) is 10.7 Å². The highest BCUT2D eigenvalue weighted by Gasteiger charge is 2.28. The fourth-order valence-electron chi connectivity index (χ4n) is 2.05. The van der Waals surface area contributed by atoms with E-state index in [4.69, 9.17) is 12.2 Å². The molecule has 0 spiro atoms. The maximum atomic E-state index is 5.28. The number of thiazole rings is 1. The number of hydrogen-bond donors (Lipinski definition) is 1. The van der Waals surface area contributed by atoms with Gasteiger partial charge in [0.05, 0.1) is 15.6 Å². The van der Waals surface area contributed by atoms with Crippen LogP contribution in [0.3, 0.4) is 0 Å². The van der Waals surface area contributed by atoms with Crippen molar-refractivity contribution < 1.29 is 0 Å². The van der Waals surface area contributed by atoms with Crippen LogP contribution in [0.5, 0.6) is 0 Å². The minimum atomic E-state index is 0.698. The number of nitrogens with one attached hydrogen (secondary N) is 1. The first-order valence-corrected chi connectivity index (χ1v) is 7.56. The summed E-state index contributed by atoms with van der Waals surface area (Å²) >= 11 is 7.06. The smallest absolute Gasteiger partial charge is 0.195 e. The Morgan fingerprint density at radius 2 is 2.28 bits per heavy atom. The summed E-state index contributed by atoms with van der Waals surface area (Å²) in [6, 6.07) is 0. The van der Waals surface area contributed by atoms with E-state index in [0.717, 1.165) is 29.4 Å². The molecular formula is C12H16N4S2. The number of aromatic amines is 1. The van der Waals surface area contributed by atoms with Crippen LogP contribution in [0.1, 0.15) is 42.8 Å². The number of aromatic nitrogens is 4. The van der Waals surface area contributed by atoms with Crippen molar-refractivity contribution in [2.24, 2.45) is 0 Å². The van der Waals surface area contributed by atoms with Gasteiger partial charge in [-0.3, -0.25) is 9.67 Å². The molecule has 2 aromatic rings. The van der Waals surface area contributed by atoms with E-state index in [9.17, 15) is 0 Å². The topological polar surface area (TPSA) is 46.5 Å². The molecular weight excluding hydrogens is 264 g/mol. The van der Waals surface area contributed by atoms with Gasteiger partial charge >= 0.3 is 0 Å². The van der Waals surface area contributed by atoms with E-state index < -0.39 is 0 Å². The lowest BCUT2D eigenvalue weighted by atomic mass is 10.3. The van der Waals surface area contributed by atoms with Gasteiger partial charge in [0.25, 0.3) is 0 Å². The van der Waals surface area contributed by atoms with Gasteiger partial charge < -0.3 is 0 Å². The highest BCUT2D eigenvalue weighted by Crippen LogP contribution is 2.44. The molecule has 1 saturated carbocycles. The highest BCUT2D eigenvalue weighted by atomic mass is 32.1. The van der Waals surface area contributed by atoms with Crippen molar-refractivity contribution in [3.8, 4) is 10.7 Å². The predicted molar refractivity (Wildman–Crippen MR) is 75.5 cm³/mol. The number of aryl methyl sites for hydroxylation is 1. The average Bonchev–Trinajstić information content (AvgIpc) is 3.05. The Labute approximate surface area is 115 Å². The number of rotatable bonds is 4. The van der Waals surface area contributed by atoms with Crippen molar-refractivity contribution in [3.05, 3.63) is 15.5 Å². The van der Waals surface area contributed by atoms with Gasteiger partial charge in [-0.05, 0) is 38.4 Å². The van der Waals surface area contributed by atoms with E-state index in [-0.39, 0.29) is 0 Å². The molecule has 1 aliphatic rings. The van der Waals surface area contributed by atoms with Gasteiger partial charge in [0.1, 0.15) is 0 Å². The number of H-pyrrole nitrogens is 1. The molecule has 18 heavy (non-hydrogen) atoms. The Morgan fingerprint density at radius 3 is 2.94 bits per heavy atom. The SMILES string of the molecule is CCCn1c(-c2sc(C3CC3)nc2C)n[nH]c1=S. The Balaban J connectivity index is 2.05. The largest absolute Gasteiger partial charge is 0.299 e. The van der Waals surface area contributed by atoms with Crippen molar-refractivity contribution >= 4 is 23.6 Å². The Morgan fingerprint density at radius 1 is 1.50 bits per heavy atom. The van der Waals surface area contributed by atoms with Gasteiger partial charge in [-0.2, -0.15) is 5.10 Å². The normalized spacial score (nSPS) is 15.2. The second-order valence-corrected chi connectivity index (χ2v) is 6.16. The maximum Gasteiger partial charge on any atom is 0.195 e. The summed E-state index contributed by atoms with van der Waals surface area (Å²) in [7, 11) is 0. The second-order valence-electron chi connectivity index (χ2n) is 4.74. The summed E-state index contributed by atoms with van der Waals surface area (Å²) in [6.07, 6.45) is 3.62. The predicted octanol–water partition coefficient (Wildman–Crippen LogP) is 3.66. The Hall–Kier alpha value is -1.01. The molecule has 0 amide bonds. The fourth-order valence-corrected chi connectivity index (χ4v) is 3.51. The molecule has 4 nitrogen and oxygen atoms in total. The van der Waals surface area contributed by atoms with Crippen molar-refractivity contribution in [2.75, 3.05) is 0 Å². The lowest BCUT2D eigenvalue weighted by Gasteiger charge is -2.02. The van der Waals surface area contributed by atoms with Crippen LogP contribution < -0.4 is 0 Å². The molecule has 1 fully saturated rings. The summed E-state index contributed by atoms with van der Waals surface area (Å²) in [6.45, 7) is 5.11. The number of hydrogen-bond acceptors (Lipinski definition) is 4. The van der Waals surface area contributed by atoms with Gasteiger partial charge in [0.2, 0.25) is 0 Å². The lowest BCUT2D eigenvalue weighted by Crippen LogP contribution is -1.99. The van der Waals surface area contributed by atoms with Crippen LogP contribution in [-0.2, 0) is 6.54 Å². The highest BCUT2D eigenvalue weighted by molar-refractivity contribution is 7.71. The van der Waals surface area contributed by atoms with Crippen LogP contribution in [0.4, 0.5) is 0 Å². The second kappa shape index (κ2) is 4.59. The molecule has 1 aliphatic carbocycles. The van der Waals surface area contributed by atoms with Crippen molar-refractivity contribution in [3.63, 3.8) is 0 Å². The van der Waals surface area contributed by atoms with Crippen LogP contribution in [-0.4, -0.2) is 19.7 Å². The molecule has 6 heteroatoms. The standard InChI is InChI=1S/C12H16N4S2/c1-3-6-16-10(14-15-12(16)17)9-7(2)13-11(18-9)8-4-5-8/h8H,3-6H2,1-2H3,(H,15,17). The molecule has 1 N–H and O–H groups in total. The zero-order valence-corrected chi connectivity index (χ0v) is 12.2. The third-order valence-corrected chi connectivity index (χ3v) is 4.78. The molecule has 0 unspecified atom stereocenters. The molecule has 2 heterocycles. The monoisotopic (exact) mass is 280 g/mol. The quantitative estimate of drug-likeness (QED) is 0.869. The van der Waals surface area contributed by atoms with Crippen molar-refractivity contribution in [2.45, 2.75) is 45.6 Å². The van der Waals surface area contributed by atoms with Crippen LogP contribution >= 0.6 is 23.6 Å². The molecule has 0 atom stereocenters. The Kier molecular flexibility index (Phi) is 3.07. The lowest BCUT2D eigenvalue weighted by molar-refractivity contribution is 0.675. The first kappa shape index (κ1) is 12.0. The zero-order chi connectivity index (χ0) is 12.7. The molecule has 0 aliphatic heterocycles. The third kappa shape index (κ3) is 2.03. The molecule has 3 rings (SSSR count). The van der Waals surface area contributed by atoms with E-state index in [2.05, 4.69) is 33.6 Å². The summed E-state index contributed by atoms with van der Waals surface area (Å²) in [5.74, 6) is 1.65. The zero-order valence-electron chi connectivity index (χ0n) is 10.6. The van der Waals surface area contributed by atoms with Crippen molar-refractivity contribution in [1.82, 2.24) is 19.7 Å². The van der Waals surface area contributed by atoms with E-state index in [1.165, 1.54) is 17.8 Å². The molecule has 96 valence electrons. The summed E-state index contributed by atoms with van der Waals surface area (Å²) in [4.78, 5) is 5.84. The van der Waals surface area contributed by atoms with E-state index >= 15 is 0 Å². The van der Waals surface area contributed by atoms with Gasteiger partial charge in [-0.25, -0.2) is 4.98 Å². The molecule has 0 bridgehead atoms. The summed E-state index contributed by atoms with van der Waals surface area (Å²) in [5.41, 5.74) is 1.08. The van der Waals surface area contributed by atoms with Crippen LogP contribution in [0.2, 0.25) is 0 Å². The Bertz CT molecular complexity index is 618. The molecule has 2 aromatic heterocycles. The maximum absolute atomic E-state index is 5.28. The average molecular weight is 280 g/mol. The fraction of sp³-hybridized carbons (Fsp3) is 0.583. The molecule has 0 saturated heterocycles. The number of nitrogens with zero attached hydrogens (tertiary/aromatic N) is 3. The van der Waals surface area contributed by atoms with Gasteiger partial charge in [-0.1, -0.05) is 6.92 Å². The van der Waals surface area contributed by atoms with E-state index in [1.54, 1.807) is 11.3 Å². The molecule has 0 aromatic carbocycles. The minimum absolute atomic E-state index is 0.698. The minimum Gasteiger partial charge on any atom is -0.299 e. The van der Waals surface area contributed by atoms with Gasteiger partial charge in [0, 0.05) is 12.5 Å². The summed E-state index contributed by atoms with van der Waals surface area (Å²) in [5, 5.41) is 8.53. The summed E-state index contributed by atoms with van der Waals surface area (Å²) < 4.78 is 2.78. The first-order valence-electron chi connectivity index (χ1n) is 6.33. The van der Waals surface area contributed by atoms with Crippen LogP contribution in [0, 0.1) is 11.7 Å². The third-order valence-electron chi connectivity index (χ3n) is 3.15. The van der Waals surface area contributed by atoms with E-state index in [0.29, 0.717) is 10.7 Å².